The van der Waals surface area contributed by atoms with Crippen LogP contribution >= 0.6 is 0 Å². The molecule has 0 unspecified atom stereocenters. The lowest BCUT2D eigenvalue weighted by Gasteiger charge is -2.26. The van der Waals surface area contributed by atoms with E-state index < -0.39 is 0 Å². The average Bonchev–Trinajstić information content (AvgIpc) is 2.97. The number of hydrogen-bond donors (Lipinski definition) is 1. The van der Waals surface area contributed by atoms with Gasteiger partial charge in [-0.25, -0.2) is 9.97 Å². The quantitative estimate of drug-likeness (QED) is 0.898. The summed E-state index contributed by atoms with van der Waals surface area (Å²) in [5.74, 6) is 1.33. The molecular formula is C15H24N4O. The van der Waals surface area contributed by atoms with Crippen LogP contribution in [0, 0.1) is 5.92 Å². The second-order valence-corrected chi connectivity index (χ2v) is 6.01. The lowest BCUT2D eigenvalue weighted by Crippen LogP contribution is -2.31. The number of piperidine rings is 1. The van der Waals surface area contributed by atoms with Crippen molar-refractivity contribution < 1.29 is 5.11 Å². The molecule has 0 amide bonds. The molecule has 1 N–H and O–H groups in total. The topological polar surface area (TPSA) is 52.5 Å². The SMILES string of the molecule is OC[C@H]1CCN(Cc2cnc(N3CCCCC3)nc2)C1. The van der Waals surface area contributed by atoms with Gasteiger partial charge >= 0.3 is 0 Å². The highest BCUT2D eigenvalue weighted by Gasteiger charge is 2.21. The monoisotopic (exact) mass is 276 g/mol. The fraction of sp³-hybridized carbons (Fsp3) is 0.733. The van der Waals surface area contributed by atoms with Crippen LogP contribution in [0.2, 0.25) is 0 Å². The third-order valence-corrected chi connectivity index (χ3v) is 4.36. The molecule has 110 valence electrons. The molecule has 0 spiro atoms. The van der Waals surface area contributed by atoms with Crippen molar-refractivity contribution in [2.24, 2.45) is 5.92 Å². The standard InChI is InChI=1S/C15H24N4O/c20-12-13-4-7-18(10-13)11-14-8-16-15(17-9-14)19-5-2-1-3-6-19/h8-9,13,20H,1-7,10-12H2/t13-/m0/s1. The maximum Gasteiger partial charge on any atom is 0.225 e. The van der Waals surface area contributed by atoms with Crippen LogP contribution in [0.4, 0.5) is 5.95 Å². The minimum atomic E-state index is 0.306. The molecule has 1 aromatic rings. The van der Waals surface area contributed by atoms with Crippen LogP contribution in [0.1, 0.15) is 31.2 Å². The van der Waals surface area contributed by atoms with Crippen LogP contribution in [-0.4, -0.2) is 52.8 Å². The van der Waals surface area contributed by atoms with E-state index in [0.717, 1.165) is 45.1 Å². The first kappa shape index (κ1) is 13.8. The molecule has 0 saturated carbocycles. The first-order valence-corrected chi connectivity index (χ1v) is 7.74. The molecule has 2 aliphatic rings. The number of likely N-dealkylation sites (tertiary alicyclic amines) is 1. The Balaban J connectivity index is 1.56. The Hall–Kier alpha value is -1.20. The predicted molar refractivity (Wildman–Crippen MR) is 78.6 cm³/mol. The third kappa shape index (κ3) is 3.27. The number of rotatable bonds is 4. The zero-order valence-electron chi connectivity index (χ0n) is 12.0. The summed E-state index contributed by atoms with van der Waals surface area (Å²) in [5.41, 5.74) is 1.17. The molecular weight excluding hydrogens is 252 g/mol. The van der Waals surface area contributed by atoms with E-state index in [0.29, 0.717) is 12.5 Å². The van der Waals surface area contributed by atoms with Crippen molar-refractivity contribution in [1.29, 1.82) is 0 Å². The van der Waals surface area contributed by atoms with Gasteiger partial charge in [0, 0.05) is 50.7 Å². The summed E-state index contributed by atoms with van der Waals surface area (Å²) in [6.45, 7) is 5.44. The normalized spacial score (nSPS) is 24.2. The summed E-state index contributed by atoms with van der Waals surface area (Å²) in [6, 6.07) is 0. The van der Waals surface area contributed by atoms with Crippen molar-refractivity contribution >= 4 is 5.95 Å². The Morgan fingerprint density at radius 2 is 1.85 bits per heavy atom. The Kier molecular flexibility index (Phi) is 4.47. The molecule has 0 aromatic carbocycles. The summed E-state index contributed by atoms with van der Waals surface area (Å²) in [6.07, 6.45) is 8.86. The van der Waals surface area contributed by atoms with Gasteiger partial charge in [0.2, 0.25) is 5.95 Å². The maximum atomic E-state index is 9.17. The summed E-state index contributed by atoms with van der Waals surface area (Å²) in [5, 5.41) is 9.17. The highest BCUT2D eigenvalue weighted by molar-refractivity contribution is 5.30. The Bertz CT molecular complexity index is 416. The Labute approximate surface area is 120 Å². The van der Waals surface area contributed by atoms with Crippen molar-refractivity contribution in [2.75, 3.05) is 37.7 Å². The Morgan fingerprint density at radius 1 is 1.10 bits per heavy atom. The number of aromatic nitrogens is 2. The molecule has 0 aliphatic carbocycles. The van der Waals surface area contributed by atoms with Crippen molar-refractivity contribution in [1.82, 2.24) is 14.9 Å². The van der Waals surface area contributed by atoms with Crippen LogP contribution in [0.25, 0.3) is 0 Å². The molecule has 3 rings (SSSR count). The van der Waals surface area contributed by atoms with E-state index in [9.17, 15) is 5.11 Å². The van der Waals surface area contributed by atoms with Gasteiger partial charge in [-0.1, -0.05) is 0 Å². The molecule has 0 radical (unpaired) electrons. The summed E-state index contributed by atoms with van der Waals surface area (Å²) >= 11 is 0. The van der Waals surface area contributed by atoms with Crippen molar-refractivity contribution in [3.05, 3.63) is 18.0 Å². The van der Waals surface area contributed by atoms with E-state index in [4.69, 9.17) is 0 Å². The minimum Gasteiger partial charge on any atom is -0.396 e. The zero-order valence-corrected chi connectivity index (χ0v) is 12.0. The highest BCUT2D eigenvalue weighted by Crippen LogP contribution is 2.19. The molecule has 20 heavy (non-hydrogen) atoms. The van der Waals surface area contributed by atoms with Crippen LogP contribution in [0.5, 0.6) is 0 Å². The summed E-state index contributed by atoms with van der Waals surface area (Å²) in [4.78, 5) is 13.7. The Morgan fingerprint density at radius 3 is 2.50 bits per heavy atom. The third-order valence-electron chi connectivity index (χ3n) is 4.36. The van der Waals surface area contributed by atoms with Gasteiger partial charge < -0.3 is 10.0 Å². The van der Waals surface area contributed by atoms with Gasteiger partial charge in [0.1, 0.15) is 0 Å². The fourth-order valence-corrected chi connectivity index (χ4v) is 3.15. The van der Waals surface area contributed by atoms with E-state index in [1.807, 2.05) is 12.4 Å². The summed E-state index contributed by atoms with van der Waals surface area (Å²) in [7, 11) is 0. The van der Waals surface area contributed by atoms with Crippen molar-refractivity contribution in [3.8, 4) is 0 Å². The van der Waals surface area contributed by atoms with Crippen molar-refractivity contribution in [3.63, 3.8) is 0 Å². The van der Waals surface area contributed by atoms with Gasteiger partial charge in [-0.2, -0.15) is 0 Å². The number of aliphatic hydroxyl groups excluding tert-OH is 1. The van der Waals surface area contributed by atoms with E-state index in [2.05, 4.69) is 19.8 Å². The van der Waals surface area contributed by atoms with Crippen LogP contribution in [-0.2, 0) is 6.54 Å². The number of aliphatic hydroxyl groups is 1. The van der Waals surface area contributed by atoms with Gasteiger partial charge in [0.05, 0.1) is 0 Å². The lowest BCUT2D eigenvalue weighted by molar-refractivity contribution is 0.220. The van der Waals surface area contributed by atoms with Gasteiger partial charge in [0.15, 0.2) is 0 Å². The first-order chi connectivity index (χ1) is 9.85. The second kappa shape index (κ2) is 6.50. The van der Waals surface area contributed by atoms with Gasteiger partial charge in [-0.05, 0) is 38.1 Å². The fourth-order valence-electron chi connectivity index (χ4n) is 3.15. The van der Waals surface area contributed by atoms with Crippen LogP contribution in [0.3, 0.4) is 0 Å². The largest absolute Gasteiger partial charge is 0.396 e. The molecule has 5 heteroatoms. The van der Waals surface area contributed by atoms with Crippen molar-refractivity contribution in [2.45, 2.75) is 32.2 Å². The summed E-state index contributed by atoms with van der Waals surface area (Å²) < 4.78 is 0. The van der Waals surface area contributed by atoms with E-state index in [1.165, 1.54) is 24.8 Å². The van der Waals surface area contributed by atoms with E-state index in [-0.39, 0.29) is 0 Å². The smallest absolute Gasteiger partial charge is 0.225 e. The molecule has 0 bridgehead atoms. The van der Waals surface area contributed by atoms with Gasteiger partial charge in [-0.3, -0.25) is 4.90 Å². The minimum absolute atomic E-state index is 0.306. The lowest BCUT2D eigenvalue weighted by atomic mass is 10.1. The number of anilines is 1. The first-order valence-electron chi connectivity index (χ1n) is 7.74. The molecule has 1 atom stereocenters. The number of nitrogens with zero attached hydrogens (tertiary/aromatic N) is 4. The van der Waals surface area contributed by atoms with Gasteiger partial charge in [-0.15, -0.1) is 0 Å². The van der Waals surface area contributed by atoms with E-state index in [1.54, 1.807) is 0 Å². The van der Waals surface area contributed by atoms with Gasteiger partial charge in [0.25, 0.3) is 0 Å². The molecule has 2 saturated heterocycles. The molecule has 5 nitrogen and oxygen atoms in total. The van der Waals surface area contributed by atoms with Crippen LogP contribution < -0.4 is 4.90 Å². The van der Waals surface area contributed by atoms with E-state index >= 15 is 0 Å². The maximum absolute atomic E-state index is 9.17. The molecule has 3 heterocycles. The number of hydrogen-bond acceptors (Lipinski definition) is 5. The molecule has 2 aliphatic heterocycles. The second-order valence-electron chi connectivity index (χ2n) is 6.01. The zero-order chi connectivity index (χ0) is 13.8. The molecule has 2 fully saturated rings. The average molecular weight is 276 g/mol. The predicted octanol–water partition coefficient (Wildman–Crippen LogP) is 1.28. The highest BCUT2D eigenvalue weighted by atomic mass is 16.3. The molecule has 1 aromatic heterocycles. The van der Waals surface area contributed by atoms with Crippen LogP contribution in [0.15, 0.2) is 12.4 Å².